The van der Waals surface area contributed by atoms with Gasteiger partial charge in [0.1, 0.15) is 5.82 Å². The monoisotopic (exact) mass is 168 g/mol. The number of aryl methyl sites for hydroxylation is 2. The molecule has 12 heavy (non-hydrogen) atoms. The van der Waals surface area contributed by atoms with Crippen LogP contribution in [0.1, 0.15) is 24.9 Å². The van der Waals surface area contributed by atoms with Crippen LogP contribution in [0.2, 0.25) is 0 Å². The molecule has 0 aromatic carbocycles. The zero-order chi connectivity index (χ0) is 8.97. The van der Waals surface area contributed by atoms with Crippen LogP contribution in [0, 0.1) is 0 Å². The third-order valence-corrected chi connectivity index (χ3v) is 1.61. The van der Waals surface area contributed by atoms with E-state index in [1.807, 2.05) is 6.92 Å². The number of aromatic amines is 1. The lowest BCUT2D eigenvalue weighted by Gasteiger charge is -1.89. The van der Waals surface area contributed by atoms with Crippen molar-refractivity contribution >= 4 is 5.97 Å². The van der Waals surface area contributed by atoms with E-state index in [1.165, 1.54) is 0 Å². The number of nitrogens with one attached hydrogen (secondary N) is 1. The number of nitrogens with zero attached hydrogens (tertiary/aromatic N) is 1. The lowest BCUT2D eigenvalue weighted by Crippen LogP contribution is -1.97. The molecule has 4 heteroatoms. The van der Waals surface area contributed by atoms with Crippen LogP contribution < -0.4 is 0 Å². The summed E-state index contributed by atoms with van der Waals surface area (Å²) in [7, 11) is 0. The van der Waals surface area contributed by atoms with Gasteiger partial charge < -0.3 is 10.1 Å². The SMILES string of the molecule is CCc1nc(CCC(=O)O)c[nH]1. The fourth-order valence-electron chi connectivity index (χ4n) is 0.949. The standard InChI is InChI=1S/C8H12N2O2/c1-2-7-9-5-6(10-7)3-4-8(11)12/h5H,2-4H2,1H3,(H,9,10)(H,11,12). The maximum absolute atomic E-state index is 10.2. The van der Waals surface area contributed by atoms with Crippen molar-refractivity contribution in [2.75, 3.05) is 0 Å². The van der Waals surface area contributed by atoms with E-state index in [1.54, 1.807) is 6.20 Å². The van der Waals surface area contributed by atoms with E-state index in [-0.39, 0.29) is 6.42 Å². The van der Waals surface area contributed by atoms with E-state index in [0.717, 1.165) is 17.9 Å². The van der Waals surface area contributed by atoms with Gasteiger partial charge in [0.25, 0.3) is 0 Å². The Kier molecular flexibility index (Phi) is 2.85. The molecule has 0 aliphatic rings. The molecule has 0 saturated carbocycles. The van der Waals surface area contributed by atoms with Gasteiger partial charge in [0.15, 0.2) is 0 Å². The van der Waals surface area contributed by atoms with Crippen LogP contribution in [0.4, 0.5) is 0 Å². The summed E-state index contributed by atoms with van der Waals surface area (Å²) in [6.07, 6.45) is 3.27. The van der Waals surface area contributed by atoms with Crippen molar-refractivity contribution in [3.63, 3.8) is 0 Å². The number of imidazole rings is 1. The van der Waals surface area contributed by atoms with Gasteiger partial charge in [0, 0.05) is 19.0 Å². The Labute approximate surface area is 70.6 Å². The van der Waals surface area contributed by atoms with Crippen LogP contribution in [-0.2, 0) is 17.6 Å². The molecule has 1 aromatic heterocycles. The van der Waals surface area contributed by atoms with E-state index < -0.39 is 5.97 Å². The number of hydrogen-bond donors (Lipinski definition) is 2. The highest BCUT2D eigenvalue weighted by molar-refractivity contribution is 5.66. The van der Waals surface area contributed by atoms with E-state index in [4.69, 9.17) is 5.11 Å². The minimum absolute atomic E-state index is 0.147. The minimum Gasteiger partial charge on any atom is -0.481 e. The first kappa shape index (κ1) is 8.77. The molecule has 0 aliphatic heterocycles. The molecule has 1 heterocycles. The minimum atomic E-state index is -0.781. The maximum atomic E-state index is 10.2. The molecule has 4 nitrogen and oxygen atoms in total. The maximum Gasteiger partial charge on any atom is 0.303 e. The first-order valence-electron chi connectivity index (χ1n) is 3.97. The van der Waals surface area contributed by atoms with Crippen LogP contribution >= 0.6 is 0 Å². The predicted octanol–water partition coefficient (Wildman–Crippen LogP) is 0.989. The lowest BCUT2D eigenvalue weighted by molar-refractivity contribution is -0.136. The highest BCUT2D eigenvalue weighted by Gasteiger charge is 2.02. The van der Waals surface area contributed by atoms with Gasteiger partial charge in [-0.25, -0.2) is 4.98 Å². The molecule has 0 bridgehead atoms. The molecule has 1 aromatic rings. The quantitative estimate of drug-likeness (QED) is 0.704. The number of hydrogen-bond acceptors (Lipinski definition) is 2. The van der Waals surface area contributed by atoms with Crippen molar-refractivity contribution in [1.82, 2.24) is 9.97 Å². The molecule has 66 valence electrons. The second-order valence-electron chi connectivity index (χ2n) is 2.59. The van der Waals surface area contributed by atoms with Crippen LogP contribution in [0.15, 0.2) is 6.20 Å². The van der Waals surface area contributed by atoms with Crippen molar-refractivity contribution in [1.29, 1.82) is 0 Å². The summed E-state index contributed by atoms with van der Waals surface area (Å²) in [5.74, 6) is 0.131. The van der Waals surface area contributed by atoms with Gasteiger partial charge in [0.2, 0.25) is 0 Å². The normalized spacial score (nSPS) is 10.1. The third-order valence-electron chi connectivity index (χ3n) is 1.61. The smallest absolute Gasteiger partial charge is 0.303 e. The Morgan fingerprint density at radius 1 is 1.75 bits per heavy atom. The summed E-state index contributed by atoms with van der Waals surface area (Å²) in [5, 5.41) is 8.40. The Hall–Kier alpha value is -1.32. The largest absolute Gasteiger partial charge is 0.481 e. The predicted molar refractivity (Wildman–Crippen MR) is 43.9 cm³/mol. The van der Waals surface area contributed by atoms with Crippen molar-refractivity contribution in [2.45, 2.75) is 26.2 Å². The van der Waals surface area contributed by atoms with Gasteiger partial charge in [-0.2, -0.15) is 0 Å². The van der Waals surface area contributed by atoms with Gasteiger partial charge in [-0.3, -0.25) is 4.79 Å². The van der Waals surface area contributed by atoms with Gasteiger partial charge in [-0.1, -0.05) is 6.92 Å². The van der Waals surface area contributed by atoms with Crippen LogP contribution in [0.25, 0.3) is 0 Å². The van der Waals surface area contributed by atoms with E-state index in [2.05, 4.69) is 9.97 Å². The molecule has 0 fully saturated rings. The number of carboxylic acids is 1. The summed E-state index contributed by atoms with van der Waals surface area (Å²) in [5.41, 5.74) is 0.828. The molecule has 0 amide bonds. The van der Waals surface area contributed by atoms with Gasteiger partial charge >= 0.3 is 5.97 Å². The number of carboxylic acid groups (broad SMARTS) is 1. The fraction of sp³-hybridized carbons (Fsp3) is 0.500. The molecule has 0 saturated heterocycles. The highest BCUT2D eigenvalue weighted by atomic mass is 16.4. The molecule has 0 atom stereocenters. The molecule has 0 radical (unpaired) electrons. The third kappa shape index (κ3) is 2.38. The number of aromatic nitrogens is 2. The zero-order valence-corrected chi connectivity index (χ0v) is 7.00. The van der Waals surface area contributed by atoms with E-state index in [9.17, 15) is 4.79 Å². The van der Waals surface area contributed by atoms with Crippen molar-refractivity contribution in [3.8, 4) is 0 Å². The molecule has 0 spiro atoms. The molecule has 2 N–H and O–H groups in total. The van der Waals surface area contributed by atoms with Crippen molar-refractivity contribution < 1.29 is 9.90 Å². The Balaban J connectivity index is 2.47. The van der Waals surface area contributed by atoms with Crippen LogP contribution in [-0.4, -0.2) is 21.0 Å². The van der Waals surface area contributed by atoms with Gasteiger partial charge in [0.05, 0.1) is 12.1 Å². The topological polar surface area (TPSA) is 66.0 Å². The lowest BCUT2D eigenvalue weighted by atomic mass is 10.2. The fourth-order valence-corrected chi connectivity index (χ4v) is 0.949. The summed E-state index contributed by atoms with van der Waals surface area (Å²) in [4.78, 5) is 17.4. The van der Waals surface area contributed by atoms with Crippen LogP contribution in [0.3, 0.4) is 0 Å². The summed E-state index contributed by atoms with van der Waals surface area (Å²) >= 11 is 0. The number of H-pyrrole nitrogens is 1. The summed E-state index contributed by atoms with van der Waals surface area (Å²) in [6.45, 7) is 2.00. The second kappa shape index (κ2) is 3.90. The second-order valence-corrected chi connectivity index (χ2v) is 2.59. The Bertz CT molecular complexity index is 268. The number of carbonyl (C=O) groups is 1. The van der Waals surface area contributed by atoms with Crippen LogP contribution in [0.5, 0.6) is 0 Å². The zero-order valence-electron chi connectivity index (χ0n) is 7.00. The average Bonchev–Trinajstić information content (AvgIpc) is 2.48. The summed E-state index contributed by atoms with van der Waals surface area (Å²) < 4.78 is 0. The van der Waals surface area contributed by atoms with Crippen molar-refractivity contribution in [3.05, 3.63) is 17.7 Å². The molecular formula is C8H12N2O2. The summed E-state index contributed by atoms with van der Waals surface area (Å²) in [6, 6.07) is 0. The van der Waals surface area contributed by atoms with Gasteiger partial charge in [-0.05, 0) is 0 Å². The van der Waals surface area contributed by atoms with Gasteiger partial charge in [-0.15, -0.1) is 0 Å². The highest BCUT2D eigenvalue weighted by Crippen LogP contribution is 2.00. The molecule has 0 aliphatic carbocycles. The average molecular weight is 168 g/mol. The number of aliphatic carboxylic acids is 1. The molecule has 1 rings (SSSR count). The number of rotatable bonds is 4. The van der Waals surface area contributed by atoms with E-state index in [0.29, 0.717) is 6.42 Å². The van der Waals surface area contributed by atoms with E-state index >= 15 is 0 Å². The Morgan fingerprint density at radius 3 is 3.00 bits per heavy atom. The molecular weight excluding hydrogens is 156 g/mol. The first-order chi connectivity index (χ1) is 5.72. The Morgan fingerprint density at radius 2 is 2.50 bits per heavy atom. The van der Waals surface area contributed by atoms with Crippen molar-refractivity contribution in [2.24, 2.45) is 0 Å². The first-order valence-corrected chi connectivity index (χ1v) is 3.97. The molecule has 0 unspecified atom stereocenters.